The molecule has 0 bridgehead atoms. The van der Waals surface area contributed by atoms with Crippen LogP contribution in [0.15, 0.2) is 34.5 Å². The zero-order valence-corrected chi connectivity index (χ0v) is 14.0. The van der Waals surface area contributed by atoms with Gasteiger partial charge in [-0.15, -0.1) is 11.3 Å². The molecule has 1 aliphatic rings. The maximum Gasteiger partial charge on any atom is 0.243 e. The molecule has 0 amide bonds. The van der Waals surface area contributed by atoms with E-state index in [0.717, 1.165) is 22.7 Å². The van der Waals surface area contributed by atoms with Gasteiger partial charge >= 0.3 is 0 Å². The topological polar surface area (TPSA) is 76.3 Å². The smallest absolute Gasteiger partial charge is 0.243 e. The second-order valence-electron chi connectivity index (χ2n) is 5.58. The molecule has 118 valence electrons. The molecule has 1 aromatic carbocycles. The molecule has 1 aliphatic heterocycles. The summed E-state index contributed by atoms with van der Waals surface area (Å²) in [6.07, 6.45) is 0.834. The number of hydrogen-bond donors (Lipinski definition) is 1. The van der Waals surface area contributed by atoms with Crippen molar-refractivity contribution in [1.29, 1.82) is 0 Å². The highest BCUT2D eigenvalue weighted by molar-refractivity contribution is 7.89. The summed E-state index contributed by atoms with van der Waals surface area (Å²) in [6.45, 7) is 3.52. The Labute approximate surface area is 134 Å². The average molecular weight is 337 g/mol. The number of nitrogens with two attached hydrogens (primary N) is 1. The van der Waals surface area contributed by atoms with E-state index in [2.05, 4.69) is 4.98 Å². The van der Waals surface area contributed by atoms with Crippen molar-refractivity contribution in [2.45, 2.75) is 18.2 Å². The van der Waals surface area contributed by atoms with Crippen LogP contribution >= 0.6 is 11.3 Å². The fourth-order valence-corrected chi connectivity index (χ4v) is 5.01. The highest BCUT2D eigenvalue weighted by Gasteiger charge is 2.32. The van der Waals surface area contributed by atoms with Gasteiger partial charge in [0.2, 0.25) is 10.0 Å². The zero-order chi connectivity index (χ0) is 15.7. The maximum atomic E-state index is 12.8. The van der Waals surface area contributed by atoms with Crippen molar-refractivity contribution in [2.24, 2.45) is 11.7 Å². The van der Waals surface area contributed by atoms with Gasteiger partial charge in [0.15, 0.2) is 0 Å². The Morgan fingerprint density at radius 3 is 2.91 bits per heavy atom. The molecule has 0 saturated carbocycles. The number of nitrogens with zero attached hydrogens (tertiary/aromatic N) is 2. The van der Waals surface area contributed by atoms with E-state index in [4.69, 9.17) is 5.73 Å². The Kier molecular flexibility index (Phi) is 4.31. The van der Waals surface area contributed by atoms with Crippen LogP contribution in [0.5, 0.6) is 0 Å². The van der Waals surface area contributed by atoms with Crippen LogP contribution in [-0.2, 0) is 10.0 Å². The third-order valence-corrected chi connectivity index (χ3v) is 6.79. The SMILES string of the molecule is Cc1csc(-c2cccc(S(=O)(=O)N3CCC(CN)C3)c2)n1. The molecule has 5 nitrogen and oxygen atoms in total. The minimum atomic E-state index is -3.45. The molecule has 22 heavy (non-hydrogen) atoms. The fraction of sp³-hybridized carbons (Fsp3) is 0.400. The van der Waals surface area contributed by atoms with Gasteiger partial charge in [-0.25, -0.2) is 13.4 Å². The normalized spacial score (nSPS) is 19.6. The number of aryl methyl sites for hydroxylation is 1. The first-order valence-corrected chi connectivity index (χ1v) is 9.55. The van der Waals surface area contributed by atoms with Gasteiger partial charge < -0.3 is 5.73 Å². The summed E-state index contributed by atoms with van der Waals surface area (Å²) in [5.74, 6) is 0.263. The van der Waals surface area contributed by atoms with Crippen LogP contribution < -0.4 is 5.73 Å². The first kappa shape index (κ1) is 15.6. The third-order valence-electron chi connectivity index (χ3n) is 3.92. The molecule has 2 aromatic rings. The Morgan fingerprint density at radius 1 is 1.45 bits per heavy atom. The summed E-state index contributed by atoms with van der Waals surface area (Å²) in [7, 11) is -3.45. The molecule has 0 aliphatic carbocycles. The maximum absolute atomic E-state index is 12.8. The molecule has 3 rings (SSSR count). The molecule has 1 atom stereocenters. The molecule has 7 heteroatoms. The first-order valence-electron chi connectivity index (χ1n) is 7.23. The molecular formula is C15H19N3O2S2. The quantitative estimate of drug-likeness (QED) is 0.927. The molecular weight excluding hydrogens is 318 g/mol. The summed E-state index contributed by atoms with van der Waals surface area (Å²) < 4.78 is 27.0. The van der Waals surface area contributed by atoms with Gasteiger partial charge in [0.05, 0.1) is 4.90 Å². The van der Waals surface area contributed by atoms with Gasteiger partial charge in [-0.2, -0.15) is 4.31 Å². The van der Waals surface area contributed by atoms with Crippen LogP contribution in [0, 0.1) is 12.8 Å². The summed E-state index contributed by atoms with van der Waals surface area (Å²) in [5.41, 5.74) is 7.44. The lowest BCUT2D eigenvalue weighted by molar-refractivity contribution is 0.459. The minimum absolute atomic E-state index is 0.263. The van der Waals surface area contributed by atoms with Gasteiger partial charge in [-0.05, 0) is 37.9 Å². The lowest BCUT2D eigenvalue weighted by Crippen LogP contribution is -2.30. The van der Waals surface area contributed by atoms with E-state index < -0.39 is 10.0 Å². The Hall–Kier alpha value is -1.28. The lowest BCUT2D eigenvalue weighted by atomic mass is 10.1. The predicted molar refractivity (Wildman–Crippen MR) is 88.2 cm³/mol. The molecule has 2 N–H and O–H groups in total. The second kappa shape index (κ2) is 6.08. The first-order chi connectivity index (χ1) is 10.5. The summed E-state index contributed by atoms with van der Waals surface area (Å²) in [4.78, 5) is 4.75. The summed E-state index contributed by atoms with van der Waals surface area (Å²) in [6, 6.07) is 7.03. The number of sulfonamides is 1. The van der Waals surface area contributed by atoms with Crippen LogP contribution in [0.2, 0.25) is 0 Å². The van der Waals surface area contributed by atoms with Gasteiger partial charge in [0.25, 0.3) is 0 Å². The molecule has 2 heterocycles. The number of benzene rings is 1. The summed E-state index contributed by atoms with van der Waals surface area (Å²) in [5, 5.41) is 2.80. The Morgan fingerprint density at radius 2 is 2.27 bits per heavy atom. The van der Waals surface area contributed by atoms with Crippen molar-refractivity contribution in [3.63, 3.8) is 0 Å². The highest BCUT2D eigenvalue weighted by Crippen LogP contribution is 2.28. The van der Waals surface area contributed by atoms with E-state index in [9.17, 15) is 8.42 Å². The second-order valence-corrected chi connectivity index (χ2v) is 8.37. The number of aromatic nitrogens is 1. The van der Waals surface area contributed by atoms with Crippen LogP contribution in [0.4, 0.5) is 0 Å². The van der Waals surface area contributed by atoms with Gasteiger partial charge in [-0.1, -0.05) is 12.1 Å². The van der Waals surface area contributed by atoms with Crippen LogP contribution in [-0.4, -0.2) is 37.3 Å². The highest BCUT2D eigenvalue weighted by atomic mass is 32.2. The van der Waals surface area contributed by atoms with E-state index in [-0.39, 0.29) is 5.92 Å². The van der Waals surface area contributed by atoms with Gasteiger partial charge in [0, 0.05) is 29.7 Å². The molecule has 0 radical (unpaired) electrons. The monoisotopic (exact) mass is 337 g/mol. The van der Waals surface area contributed by atoms with Crippen LogP contribution in [0.25, 0.3) is 10.6 Å². The zero-order valence-electron chi connectivity index (χ0n) is 12.4. The predicted octanol–water partition coefficient (Wildman–Crippen LogP) is 2.09. The van der Waals surface area contributed by atoms with Crippen molar-refractivity contribution in [3.05, 3.63) is 35.3 Å². The third kappa shape index (κ3) is 2.94. The van der Waals surface area contributed by atoms with E-state index in [0.29, 0.717) is 24.5 Å². The van der Waals surface area contributed by atoms with Crippen molar-refractivity contribution >= 4 is 21.4 Å². The molecule has 1 aromatic heterocycles. The summed E-state index contributed by atoms with van der Waals surface area (Å²) >= 11 is 1.52. The van der Waals surface area contributed by atoms with Gasteiger partial charge in [0.1, 0.15) is 5.01 Å². The average Bonchev–Trinajstić information content (AvgIpc) is 3.16. The number of rotatable bonds is 4. The van der Waals surface area contributed by atoms with Crippen LogP contribution in [0.1, 0.15) is 12.1 Å². The van der Waals surface area contributed by atoms with Crippen LogP contribution in [0.3, 0.4) is 0 Å². The Balaban J connectivity index is 1.91. The fourth-order valence-electron chi connectivity index (χ4n) is 2.63. The molecule has 1 saturated heterocycles. The van der Waals surface area contributed by atoms with E-state index in [1.807, 2.05) is 18.4 Å². The lowest BCUT2D eigenvalue weighted by Gasteiger charge is -2.16. The van der Waals surface area contributed by atoms with Crippen molar-refractivity contribution in [1.82, 2.24) is 9.29 Å². The molecule has 1 unspecified atom stereocenters. The number of thiazole rings is 1. The standard InChI is InChI=1S/C15H19N3O2S2/c1-11-10-21-15(17-11)13-3-2-4-14(7-13)22(19,20)18-6-5-12(8-16)9-18/h2-4,7,10,12H,5-6,8-9,16H2,1H3. The molecule has 0 spiro atoms. The molecule has 1 fully saturated rings. The minimum Gasteiger partial charge on any atom is -0.330 e. The van der Waals surface area contributed by atoms with E-state index in [1.54, 1.807) is 18.2 Å². The van der Waals surface area contributed by atoms with Crippen molar-refractivity contribution < 1.29 is 8.42 Å². The largest absolute Gasteiger partial charge is 0.330 e. The van der Waals surface area contributed by atoms with Crippen molar-refractivity contribution in [2.75, 3.05) is 19.6 Å². The van der Waals surface area contributed by atoms with Gasteiger partial charge in [-0.3, -0.25) is 0 Å². The van der Waals surface area contributed by atoms with Crippen molar-refractivity contribution in [3.8, 4) is 10.6 Å². The number of hydrogen-bond acceptors (Lipinski definition) is 5. The van der Waals surface area contributed by atoms with E-state index in [1.165, 1.54) is 15.6 Å². The Bertz CT molecular complexity index is 771. The van der Waals surface area contributed by atoms with E-state index >= 15 is 0 Å².